The van der Waals surface area contributed by atoms with Crippen molar-refractivity contribution in [3.8, 4) is 5.75 Å². The lowest BCUT2D eigenvalue weighted by Gasteiger charge is -2.36. The molecular weight excluding hydrogens is 394 g/mol. The molecule has 8 nitrogen and oxygen atoms in total. The standard InChI is InChI=1S/C20H27N3O5S/c1-4-10-27-17(24)12-16-19(26)21-8-9-23(16)20(29)22-18(25)14-6-5-7-15(11-14)28-13(2)3/h5-7,11,13,16H,4,8-10,12H2,1-3H3,(H,21,26)(H,22,25,29). The Hall–Kier alpha value is -2.68. The van der Waals surface area contributed by atoms with Crippen LogP contribution in [0, 0.1) is 0 Å². The van der Waals surface area contributed by atoms with Crippen molar-refractivity contribution < 1.29 is 23.9 Å². The minimum Gasteiger partial charge on any atom is -0.491 e. The highest BCUT2D eigenvalue weighted by molar-refractivity contribution is 7.80. The van der Waals surface area contributed by atoms with Crippen LogP contribution in [0.2, 0.25) is 0 Å². The molecule has 0 aliphatic carbocycles. The van der Waals surface area contributed by atoms with Crippen molar-refractivity contribution in [1.29, 1.82) is 0 Å². The SMILES string of the molecule is CCCOC(=O)CC1C(=O)NCCN1C(=S)NC(=O)c1cccc(OC(C)C)c1. The van der Waals surface area contributed by atoms with E-state index in [1.165, 1.54) is 0 Å². The molecule has 1 aromatic rings. The van der Waals surface area contributed by atoms with Gasteiger partial charge in [0.05, 0.1) is 19.1 Å². The molecular formula is C20H27N3O5S. The van der Waals surface area contributed by atoms with E-state index in [0.717, 1.165) is 0 Å². The number of benzene rings is 1. The number of carbonyl (C=O) groups excluding carboxylic acids is 3. The third-order valence-corrected chi connectivity index (χ3v) is 4.44. The van der Waals surface area contributed by atoms with Gasteiger partial charge in [0.2, 0.25) is 5.91 Å². The molecule has 0 aromatic heterocycles. The number of carbonyl (C=O) groups is 3. The molecule has 1 aromatic carbocycles. The molecule has 9 heteroatoms. The van der Waals surface area contributed by atoms with Crippen LogP contribution in [0.25, 0.3) is 0 Å². The maximum absolute atomic E-state index is 12.6. The number of rotatable bonds is 7. The van der Waals surface area contributed by atoms with Crippen molar-refractivity contribution in [1.82, 2.24) is 15.5 Å². The average molecular weight is 422 g/mol. The first kappa shape index (κ1) is 22.6. The first-order valence-electron chi connectivity index (χ1n) is 9.63. The van der Waals surface area contributed by atoms with Crippen molar-refractivity contribution in [2.75, 3.05) is 19.7 Å². The van der Waals surface area contributed by atoms with Gasteiger partial charge >= 0.3 is 5.97 Å². The molecule has 1 aliphatic rings. The average Bonchev–Trinajstić information content (AvgIpc) is 2.67. The topological polar surface area (TPSA) is 97.0 Å². The summed E-state index contributed by atoms with van der Waals surface area (Å²) in [7, 11) is 0. The quantitative estimate of drug-likeness (QED) is 0.510. The molecule has 158 valence electrons. The number of hydrogen-bond acceptors (Lipinski definition) is 6. The zero-order valence-electron chi connectivity index (χ0n) is 16.9. The normalized spacial score (nSPS) is 16.2. The second kappa shape index (κ2) is 10.8. The fourth-order valence-corrected chi connectivity index (χ4v) is 3.13. The number of nitrogens with zero attached hydrogens (tertiary/aromatic N) is 1. The van der Waals surface area contributed by atoms with Crippen LogP contribution in [0.15, 0.2) is 24.3 Å². The number of hydrogen-bond donors (Lipinski definition) is 2. The Morgan fingerprint density at radius 1 is 1.38 bits per heavy atom. The van der Waals surface area contributed by atoms with E-state index in [2.05, 4.69) is 10.6 Å². The Bertz CT molecular complexity index is 768. The van der Waals surface area contributed by atoms with Gasteiger partial charge in [0.1, 0.15) is 11.8 Å². The van der Waals surface area contributed by atoms with Crippen LogP contribution >= 0.6 is 12.2 Å². The first-order valence-corrected chi connectivity index (χ1v) is 10.0. The number of esters is 1. The second-order valence-corrected chi connectivity index (χ2v) is 7.27. The van der Waals surface area contributed by atoms with Crippen LogP contribution < -0.4 is 15.4 Å². The Labute approximate surface area is 175 Å². The highest BCUT2D eigenvalue weighted by Crippen LogP contribution is 2.16. The first-order chi connectivity index (χ1) is 13.8. The van der Waals surface area contributed by atoms with E-state index < -0.39 is 17.9 Å². The highest BCUT2D eigenvalue weighted by Gasteiger charge is 2.34. The van der Waals surface area contributed by atoms with Crippen molar-refractivity contribution in [3.05, 3.63) is 29.8 Å². The van der Waals surface area contributed by atoms with Gasteiger partial charge in [-0.25, -0.2) is 0 Å². The lowest BCUT2D eigenvalue weighted by atomic mass is 10.1. The van der Waals surface area contributed by atoms with E-state index in [1.807, 2.05) is 20.8 Å². The zero-order chi connectivity index (χ0) is 21.4. The van der Waals surface area contributed by atoms with Gasteiger partial charge in [0.15, 0.2) is 5.11 Å². The molecule has 1 heterocycles. The van der Waals surface area contributed by atoms with Crippen LogP contribution in [-0.2, 0) is 14.3 Å². The maximum Gasteiger partial charge on any atom is 0.308 e. The van der Waals surface area contributed by atoms with Gasteiger partial charge in [-0.15, -0.1) is 0 Å². The lowest BCUT2D eigenvalue weighted by Crippen LogP contribution is -2.60. The number of thiocarbonyl (C=S) groups is 1. The van der Waals surface area contributed by atoms with Crippen LogP contribution in [0.3, 0.4) is 0 Å². The predicted octanol–water partition coefficient (Wildman–Crippen LogP) is 1.63. The summed E-state index contributed by atoms with van der Waals surface area (Å²) in [4.78, 5) is 38.4. The van der Waals surface area contributed by atoms with E-state index in [1.54, 1.807) is 29.2 Å². The third kappa shape index (κ3) is 6.70. The molecule has 2 amide bonds. The molecule has 0 bridgehead atoms. The molecule has 1 fully saturated rings. The van der Waals surface area contributed by atoms with Gasteiger partial charge in [-0.1, -0.05) is 13.0 Å². The summed E-state index contributed by atoms with van der Waals surface area (Å²) in [5, 5.41) is 5.45. The molecule has 1 aliphatic heterocycles. The van der Waals surface area contributed by atoms with Gasteiger partial charge in [0, 0.05) is 18.7 Å². The number of piperazine rings is 1. The lowest BCUT2D eigenvalue weighted by molar-refractivity contribution is -0.147. The fourth-order valence-electron chi connectivity index (χ4n) is 2.82. The molecule has 2 rings (SSSR count). The van der Waals surface area contributed by atoms with Crippen LogP contribution in [0.4, 0.5) is 0 Å². The Balaban J connectivity index is 2.05. The molecule has 1 unspecified atom stereocenters. The van der Waals surface area contributed by atoms with E-state index in [-0.39, 0.29) is 23.5 Å². The summed E-state index contributed by atoms with van der Waals surface area (Å²) in [5.41, 5.74) is 0.380. The van der Waals surface area contributed by atoms with Gasteiger partial charge < -0.3 is 19.7 Å². The summed E-state index contributed by atoms with van der Waals surface area (Å²) in [5.74, 6) is -0.643. The van der Waals surface area contributed by atoms with E-state index in [9.17, 15) is 14.4 Å². The predicted molar refractivity (Wildman–Crippen MR) is 112 cm³/mol. The number of amides is 2. The largest absolute Gasteiger partial charge is 0.491 e. The monoisotopic (exact) mass is 421 g/mol. The van der Waals surface area contributed by atoms with Gasteiger partial charge in [-0.3, -0.25) is 19.7 Å². The molecule has 1 saturated heterocycles. The number of nitrogens with one attached hydrogen (secondary N) is 2. The second-order valence-electron chi connectivity index (χ2n) is 6.88. The van der Waals surface area contributed by atoms with Crippen LogP contribution in [-0.4, -0.2) is 59.6 Å². The molecule has 0 saturated carbocycles. The highest BCUT2D eigenvalue weighted by atomic mass is 32.1. The fraction of sp³-hybridized carbons (Fsp3) is 0.500. The van der Waals surface area contributed by atoms with Crippen molar-refractivity contribution >= 4 is 35.1 Å². The Kier molecular flexibility index (Phi) is 8.38. The summed E-state index contributed by atoms with van der Waals surface area (Å²) < 4.78 is 10.7. The van der Waals surface area contributed by atoms with Crippen molar-refractivity contribution in [3.63, 3.8) is 0 Å². The molecule has 2 N–H and O–H groups in total. The summed E-state index contributed by atoms with van der Waals surface area (Å²) in [6.45, 7) is 6.73. The van der Waals surface area contributed by atoms with E-state index >= 15 is 0 Å². The van der Waals surface area contributed by atoms with Crippen LogP contribution in [0.1, 0.15) is 44.0 Å². The zero-order valence-corrected chi connectivity index (χ0v) is 17.7. The van der Waals surface area contributed by atoms with Gasteiger partial charge in [-0.2, -0.15) is 0 Å². The van der Waals surface area contributed by atoms with Gasteiger partial charge in [-0.05, 0) is 50.7 Å². The molecule has 1 atom stereocenters. The Morgan fingerprint density at radius 2 is 2.14 bits per heavy atom. The summed E-state index contributed by atoms with van der Waals surface area (Å²) >= 11 is 5.35. The third-order valence-electron chi connectivity index (χ3n) is 4.11. The summed E-state index contributed by atoms with van der Waals surface area (Å²) in [6.07, 6.45) is 0.536. The van der Waals surface area contributed by atoms with Crippen LogP contribution in [0.5, 0.6) is 5.75 Å². The minimum absolute atomic E-state index is 0.0190. The summed E-state index contributed by atoms with van der Waals surface area (Å²) in [6, 6.07) is 5.93. The van der Waals surface area contributed by atoms with Gasteiger partial charge in [0.25, 0.3) is 5.91 Å². The number of ether oxygens (including phenoxy) is 2. The van der Waals surface area contributed by atoms with E-state index in [0.29, 0.717) is 37.4 Å². The smallest absolute Gasteiger partial charge is 0.308 e. The molecule has 0 spiro atoms. The maximum atomic E-state index is 12.6. The van der Waals surface area contributed by atoms with E-state index in [4.69, 9.17) is 21.7 Å². The van der Waals surface area contributed by atoms with Crippen molar-refractivity contribution in [2.24, 2.45) is 0 Å². The Morgan fingerprint density at radius 3 is 2.83 bits per heavy atom. The molecule has 0 radical (unpaired) electrons. The minimum atomic E-state index is -0.823. The molecule has 29 heavy (non-hydrogen) atoms. The van der Waals surface area contributed by atoms with Crippen molar-refractivity contribution in [2.45, 2.75) is 45.8 Å².